The van der Waals surface area contributed by atoms with Gasteiger partial charge in [0, 0.05) is 13.0 Å². The van der Waals surface area contributed by atoms with Gasteiger partial charge in [-0.1, -0.05) is 19.3 Å². The molecule has 0 saturated heterocycles. The summed E-state index contributed by atoms with van der Waals surface area (Å²) in [5.74, 6) is -0.603. The predicted molar refractivity (Wildman–Crippen MR) is 65.7 cm³/mol. The van der Waals surface area contributed by atoms with Crippen LogP contribution >= 0.6 is 0 Å². The largest absolute Gasteiger partial charge is 0.480 e. The second kappa shape index (κ2) is 5.07. The van der Waals surface area contributed by atoms with Crippen LogP contribution in [0.1, 0.15) is 53.4 Å². The lowest BCUT2D eigenvalue weighted by Gasteiger charge is -2.43. The maximum absolute atomic E-state index is 11.7. The third kappa shape index (κ3) is 2.79. The first kappa shape index (κ1) is 14.0. The first-order valence-electron chi connectivity index (χ1n) is 6.32. The quantitative estimate of drug-likeness (QED) is 0.803. The Morgan fingerprint density at radius 3 is 2.18 bits per heavy atom. The predicted octanol–water partition coefficient (Wildman–Crippen LogP) is 2.28. The van der Waals surface area contributed by atoms with Crippen molar-refractivity contribution < 1.29 is 14.7 Å². The number of hydrogen-bond acceptors (Lipinski definition) is 2. The number of hydrogen-bond donors (Lipinski definition) is 1. The van der Waals surface area contributed by atoms with Gasteiger partial charge in [0.2, 0.25) is 5.91 Å². The molecule has 0 spiro atoms. The van der Waals surface area contributed by atoms with E-state index in [0.717, 1.165) is 12.8 Å². The average molecular weight is 241 g/mol. The summed E-state index contributed by atoms with van der Waals surface area (Å²) in [5, 5.41) is 9.48. The minimum atomic E-state index is -1.06. The summed E-state index contributed by atoms with van der Waals surface area (Å²) in [4.78, 5) is 24.7. The zero-order valence-electron chi connectivity index (χ0n) is 11.2. The van der Waals surface area contributed by atoms with Crippen molar-refractivity contribution in [2.75, 3.05) is 0 Å². The van der Waals surface area contributed by atoms with Crippen LogP contribution in [0.25, 0.3) is 0 Å². The molecular weight excluding hydrogens is 218 g/mol. The summed E-state index contributed by atoms with van der Waals surface area (Å²) in [7, 11) is 0. The molecule has 1 atom stereocenters. The standard InChI is InChI=1S/C13H23NO3/c1-9(2)14(10(3)15)13(4,12(16)17)8-11-6-5-7-11/h9,11H,5-8H2,1-4H3,(H,16,17). The summed E-state index contributed by atoms with van der Waals surface area (Å²) in [6.45, 7) is 6.85. The molecule has 0 aliphatic heterocycles. The van der Waals surface area contributed by atoms with Gasteiger partial charge in [0.1, 0.15) is 5.54 Å². The Labute approximate surface area is 103 Å². The van der Waals surface area contributed by atoms with Crippen molar-refractivity contribution in [3.63, 3.8) is 0 Å². The number of carbonyl (C=O) groups excluding carboxylic acids is 1. The zero-order valence-corrected chi connectivity index (χ0v) is 11.2. The fourth-order valence-corrected chi connectivity index (χ4v) is 2.83. The minimum Gasteiger partial charge on any atom is -0.480 e. The van der Waals surface area contributed by atoms with Gasteiger partial charge in [-0.3, -0.25) is 4.79 Å². The van der Waals surface area contributed by atoms with Gasteiger partial charge in [-0.15, -0.1) is 0 Å². The molecule has 98 valence electrons. The van der Waals surface area contributed by atoms with Gasteiger partial charge in [0.15, 0.2) is 0 Å². The van der Waals surface area contributed by atoms with E-state index in [1.54, 1.807) is 6.92 Å². The number of rotatable bonds is 5. The van der Waals surface area contributed by atoms with Crippen molar-refractivity contribution in [2.45, 2.75) is 65.0 Å². The SMILES string of the molecule is CC(=O)N(C(C)C)C(C)(CC1CCC1)C(=O)O. The van der Waals surface area contributed by atoms with Crippen molar-refractivity contribution in [1.29, 1.82) is 0 Å². The first-order valence-corrected chi connectivity index (χ1v) is 6.32. The van der Waals surface area contributed by atoms with E-state index in [4.69, 9.17) is 0 Å². The molecule has 0 heterocycles. The molecule has 0 radical (unpaired) electrons. The van der Waals surface area contributed by atoms with Crippen molar-refractivity contribution in [3.8, 4) is 0 Å². The van der Waals surface area contributed by atoms with E-state index in [-0.39, 0.29) is 11.9 Å². The van der Waals surface area contributed by atoms with Crippen molar-refractivity contribution in [3.05, 3.63) is 0 Å². The number of carbonyl (C=O) groups is 2. The molecule has 0 aromatic carbocycles. The minimum absolute atomic E-state index is 0.0892. The Morgan fingerprint density at radius 2 is 1.94 bits per heavy atom. The van der Waals surface area contributed by atoms with Crippen LogP contribution in [0.15, 0.2) is 0 Å². The molecule has 1 aliphatic carbocycles. The molecule has 17 heavy (non-hydrogen) atoms. The fourth-order valence-electron chi connectivity index (χ4n) is 2.83. The Balaban J connectivity index is 2.94. The molecule has 4 nitrogen and oxygen atoms in total. The van der Waals surface area contributed by atoms with Gasteiger partial charge in [-0.2, -0.15) is 0 Å². The molecular formula is C13H23NO3. The van der Waals surface area contributed by atoms with Crippen LogP contribution in [0.4, 0.5) is 0 Å². The Bertz CT molecular complexity index is 310. The molecule has 1 amide bonds. The van der Waals surface area contributed by atoms with Crippen molar-refractivity contribution in [2.24, 2.45) is 5.92 Å². The molecule has 1 aliphatic rings. The van der Waals surface area contributed by atoms with E-state index in [9.17, 15) is 14.7 Å². The van der Waals surface area contributed by atoms with Crippen molar-refractivity contribution >= 4 is 11.9 Å². The summed E-state index contributed by atoms with van der Waals surface area (Å²) >= 11 is 0. The molecule has 0 aromatic rings. The fraction of sp³-hybridized carbons (Fsp3) is 0.846. The molecule has 0 aromatic heterocycles. The van der Waals surface area contributed by atoms with Gasteiger partial charge < -0.3 is 10.0 Å². The molecule has 1 N–H and O–H groups in total. The number of nitrogens with zero attached hydrogens (tertiary/aromatic N) is 1. The Morgan fingerprint density at radius 1 is 1.41 bits per heavy atom. The lowest BCUT2D eigenvalue weighted by atomic mass is 9.75. The van der Waals surface area contributed by atoms with Crippen LogP contribution in [0.5, 0.6) is 0 Å². The van der Waals surface area contributed by atoms with E-state index < -0.39 is 11.5 Å². The van der Waals surface area contributed by atoms with Gasteiger partial charge >= 0.3 is 5.97 Å². The van der Waals surface area contributed by atoms with Gasteiger partial charge in [0.25, 0.3) is 0 Å². The summed E-state index contributed by atoms with van der Waals surface area (Å²) in [6.07, 6.45) is 3.93. The van der Waals surface area contributed by atoms with E-state index >= 15 is 0 Å². The number of aliphatic carboxylic acids is 1. The highest BCUT2D eigenvalue weighted by Gasteiger charge is 2.44. The van der Waals surface area contributed by atoms with E-state index in [1.165, 1.54) is 18.2 Å². The van der Waals surface area contributed by atoms with Crippen LogP contribution in [0.3, 0.4) is 0 Å². The van der Waals surface area contributed by atoms with Crippen LogP contribution in [-0.2, 0) is 9.59 Å². The summed E-state index contributed by atoms with van der Waals surface area (Å²) in [5.41, 5.74) is -1.06. The van der Waals surface area contributed by atoms with Gasteiger partial charge in [-0.05, 0) is 33.1 Å². The summed E-state index contributed by atoms with van der Waals surface area (Å²) in [6, 6.07) is -0.0892. The molecule has 4 heteroatoms. The topological polar surface area (TPSA) is 57.6 Å². The lowest BCUT2D eigenvalue weighted by molar-refractivity contribution is -0.161. The molecule has 1 rings (SSSR count). The Kier molecular flexibility index (Phi) is 4.17. The molecule has 1 saturated carbocycles. The third-order valence-electron chi connectivity index (χ3n) is 3.76. The second-order valence-electron chi connectivity index (χ2n) is 5.56. The first-order chi connectivity index (χ1) is 7.79. The maximum Gasteiger partial charge on any atom is 0.329 e. The van der Waals surface area contributed by atoms with E-state index in [1.807, 2.05) is 13.8 Å². The normalized spacial score (nSPS) is 19.6. The Hall–Kier alpha value is -1.06. The van der Waals surface area contributed by atoms with E-state index in [2.05, 4.69) is 0 Å². The van der Waals surface area contributed by atoms with Crippen LogP contribution in [0, 0.1) is 5.92 Å². The van der Waals surface area contributed by atoms with Crippen LogP contribution in [-0.4, -0.2) is 33.5 Å². The summed E-state index contributed by atoms with van der Waals surface area (Å²) < 4.78 is 0. The smallest absolute Gasteiger partial charge is 0.329 e. The number of carboxylic acids is 1. The monoisotopic (exact) mass is 241 g/mol. The van der Waals surface area contributed by atoms with E-state index in [0.29, 0.717) is 12.3 Å². The highest BCUT2D eigenvalue weighted by molar-refractivity contribution is 5.86. The zero-order chi connectivity index (χ0) is 13.2. The van der Waals surface area contributed by atoms with Gasteiger partial charge in [0.05, 0.1) is 0 Å². The average Bonchev–Trinajstić information content (AvgIpc) is 2.09. The number of carboxylic acid groups (broad SMARTS) is 1. The molecule has 1 fully saturated rings. The highest BCUT2D eigenvalue weighted by atomic mass is 16.4. The lowest BCUT2D eigenvalue weighted by Crippen LogP contribution is -2.58. The van der Waals surface area contributed by atoms with Crippen LogP contribution < -0.4 is 0 Å². The van der Waals surface area contributed by atoms with Crippen molar-refractivity contribution in [1.82, 2.24) is 4.90 Å². The van der Waals surface area contributed by atoms with Crippen LogP contribution in [0.2, 0.25) is 0 Å². The number of amides is 1. The highest BCUT2D eigenvalue weighted by Crippen LogP contribution is 2.37. The second-order valence-corrected chi connectivity index (χ2v) is 5.56. The molecule has 0 bridgehead atoms. The maximum atomic E-state index is 11.7. The third-order valence-corrected chi connectivity index (χ3v) is 3.76. The molecule has 1 unspecified atom stereocenters. The van der Waals surface area contributed by atoms with Gasteiger partial charge in [-0.25, -0.2) is 4.79 Å².